The third-order valence-electron chi connectivity index (χ3n) is 5.56. The lowest BCUT2D eigenvalue weighted by atomic mass is 10.1. The number of nitrogens with zero attached hydrogens (tertiary/aromatic N) is 2. The van der Waals surface area contributed by atoms with Crippen LogP contribution >= 0.6 is 11.6 Å². The predicted molar refractivity (Wildman–Crippen MR) is 133 cm³/mol. The molecule has 0 aliphatic carbocycles. The lowest BCUT2D eigenvalue weighted by molar-refractivity contribution is 0.223. The van der Waals surface area contributed by atoms with Gasteiger partial charge in [0, 0.05) is 30.1 Å². The second-order valence-electron chi connectivity index (χ2n) is 8.07. The Morgan fingerprint density at radius 3 is 2.24 bits per heavy atom. The zero-order valence-corrected chi connectivity index (χ0v) is 20.4. The molecule has 3 aromatic rings. The molecule has 0 bridgehead atoms. The fourth-order valence-electron chi connectivity index (χ4n) is 3.82. The number of halogens is 1. The number of rotatable bonds is 8. The van der Waals surface area contributed by atoms with Crippen LogP contribution in [0.15, 0.2) is 72.8 Å². The van der Waals surface area contributed by atoms with Crippen LogP contribution in [-0.2, 0) is 9.84 Å². The molecule has 7 nitrogen and oxygen atoms in total. The van der Waals surface area contributed by atoms with Crippen molar-refractivity contribution >= 4 is 33.2 Å². The average Bonchev–Trinajstić information content (AvgIpc) is 3.15. The van der Waals surface area contributed by atoms with Crippen molar-refractivity contribution in [2.75, 3.05) is 37.1 Å². The molecular weight excluding hydrogens is 476 g/mol. The van der Waals surface area contributed by atoms with Gasteiger partial charge in [0.15, 0.2) is 0 Å². The number of carbonyl (C=O) groups is 1. The van der Waals surface area contributed by atoms with Gasteiger partial charge in [-0.2, -0.15) is 0 Å². The summed E-state index contributed by atoms with van der Waals surface area (Å²) in [6.45, 7) is 0.497. The van der Waals surface area contributed by atoms with Crippen LogP contribution in [0.5, 0.6) is 17.2 Å². The monoisotopic (exact) mass is 500 g/mol. The molecule has 178 valence electrons. The van der Waals surface area contributed by atoms with Gasteiger partial charge in [-0.3, -0.25) is 4.90 Å². The minimum atomic E-state index is -3.21. The highest BCUT2D eigenvalue weighted by Gasteiger charge is 2.39. The molecule has 1 aliphatic rings. The number of carbonyl (C=O) groups excluding carboxylic acids is 1. The molecule has 0 aromatic heterocycles. The molecule has 34 heavy (non-hydrogen) atoms. The van der Waals surface area contributed by atoms with Crippen molar-refractivity contribution < 1.29 is 22.7 Å². The van der Waals surface area contributed by atoms with E-state index in [0.29, 0.717) is 34.5 Å². The van der Waals surface area contributed by atoms with Gasteiger partial charge in [-0.15, -0.1) is 0 Å². The summed E-state index contributed by atoms with van der Waals surface area (Å²) in [4.78, 5) is 16.6. The van der Waals surface area contributed by atoms with Crippen molar-refractivity contribution in [2.24, 2.45) is 0 Å². The van der Waals surface area contributed by atoms with E-state index in [9.17, 15) is 13.2 Å². The zero-order valence-electron chi connectivity index (χ0n) is 18.8. The number of benzene rings is 3. The standard InChI is InChI=1S/C25H25ClN2O5S/c1-32-23-5-3-4-18(16-23)24-17-27(14-15-34(2,30)31)25(29)28(24)20-8-12-22(13-9-20)33-21-10-6-19(26)7-11-21/h3-13,16,24H,14-15,17H2,1-2H3/t24-/m1/s1. The SMILES string of the molecule is COc1cccc([C@H]2CN(CCS(C)(=O)=O)C(=O)N2c2ccc(Oc3ccc(Cl)cc3)cc2)c1. The number of hydrogen-bond donors (Lipinski definition) is 0. The molecule has 3 aromatic carbocycles. The van der Waals surface area contributed by atoms with Gasteiger partial charge in [0.1, 0.15) is 27.1 Å². The number of ether oxygens (including phenoxy) is 2. The van der Waals surface area contributed by atoms with Crippen LogP contribution in [0.25, 0.3) is 0 Å². The van der Waals surface area contributed by atoms with Crippen molar-refractivity contribution in [3.05, 3.63) is 83.4 Å². The number of hydrogen-bond acceptors (Lipinski definition) is 5. The molecule has 0 unspecified atom stereocenters. The number of methoxy groups -OCH3 is 1. The minimum Gasteiger partial charge on any atom is -0.497 e. The number of amides is 2. The molecule has 1 aliphatic heterocycles. The molecule has 1 saturated heterocycles. The largest absolute Gasteiger partial charge is 0.497 e. The molecule has 9 heteroatoms. The smallest absolute Gasteiger partial charge is 0.325 e. The molecule has 1 fully saturated rings. The molecule has 0 radical (unpaired) electrons. The van der Waals surface area contributed by atoms with Crippen LogP contribution in [-0.4, -0.2) is 51.6 Å². The topological polar surface area (TPSA) is 76.2 Å². The van der Waals surface area contributed by atoms with E-state index in [1.165, 1.54) is 6.26 Å². The summed E-state index contributed by atoms with van der Waals surface area (Å²) in [6.07, 6.45) is 1.17. The van der Waals surface area contributed by atoms with Crippen molar-refractivity contribution in [2.45, 2.75) is 6.04 Å². The van der Waals surface area contributed by atoms with E-state index in [1.807, 2.05) is 36.4 Å². The Balaban J connectivity index is 1.61. The normalized spacial score (nSPS) is 16.1. The van der Waals surface area contributed by atoms with Crippen LogP contribution in [0.2, 0.25) is 5.02 Å². The van der Waals surface area contributed by atoms with E-state index in [4.69, 9.17) is 21.1 Å². The van der Waals surface area contributed by atoms with E-state index in [1.54, 1.807) is 53.3 Å². The van der Waals surface area contributed by atoms with Crippen molar-refractivity contribution in [1.82, 2.24) is 4.90 Å². The molecule has 1 heterocycles. The fraction of sp³-hybridized carbons (Fsp3) is 0.240. The van der Waals surface area contributed by atoms with Gasteiger partial charge in [-0.05, 0) is 66.2 Å². The van der Waals surface area contributed by atoms with Gasteiger partial charge in [0.2, 0.25) is 0 Å². The Labute approximate surface area is 204 Å². The van der Waals surface area contributed by atoms with E-state index in [0.717, 1.165) is 5.56 Å². The Kier molecular flexibility index (Phi) is 7.00. The molecule has 4 rings (SSSR count). The Bertz CT molecular complexity index is 1260. The summed E-state index contributed by atoms with van der Waals surface area (Å²) in [5.41, 5.74) is 1.58. The minimum absolute atomic E-state index is 0.0920. The van der Waals surface area contributed by atoms with Crippen molar-refractivity contribution in [3.8, 4) is 17.2 Å². The molecule has 2 amide bonds. The first-order valence-corrected chi connectivity index (χ1v) is 13.1. The first kappa shape index (κ1) is 23.9. The van der Waals surface area contributed by atoms with Crippen LogP contribution < -0.4 is 14.4 Å². The van der Waals surface area contributed by atoms with Gasteiger partial charge in [0.25, 0.3) is 0 Å². The summed E-state index contributed by atoms with van der Waals surface area (Å²) in [7, 11) is -1.61. The Morgan fingerprint density at radius 2 is 1.62 bits per heavy atom. The third-order valence-corrected chi connectivity index (χ3v) is 6.73. The molecule has 0 saturated carbocycles. The van der Waals surface area contributed by atoms with Gasteiger partial charge in [0.05, 0.1) is 18.9 Å². The summed E-state index contributed by atoms with van der Waals surface area (Å²) < 4.78 is 34.6. The van der Waals surface area contributed by atoms with E-state index < -0.39 is 9.84 Å². The molecular formula is C25H25ClN2O5S. The first-order valence-electron chi connectivity index (χ1n) is 10.7. The first-order chi connectivity index (χ1) is 16.2. The quantitative estimate of drug-likeness (QED) is 0.426. The summed E-state index contributed by atoms with van der Waals surface area (Å²) in [5.74, 6) is 1.86. The molecule has 0 N–H and O–H groups in total. The van der Waals surface area contributed by atoms with Crippen LogP contribution in [0, 0.1) is 0 Å². The summed E-state index contributed by atoms with van der Waals surface area (Å²) >= 11 is 5.93. The number of sulfone groups is 1. The Morgan fingerprint density at radius 1 is 0.971 bits per heavy atom. The maximum absolute atomic E-state index is 13.4. The maximum atomic E-state index is 13.4. The summed E-state index contributed by atoms with van der Waals surface area (Å²) in [6, 6.07) is 21.3. The molecule has 1 atom stereocenters. The maximum Gasteiger partial charge on any atom is 0.325 e. The fourth-order valence-corrected chi connectivity index (χ4v) is 4.50. The van der Waals surface area contributed by atoms with Crippen LogP contribution in [0.3, 0.4) is 0 Å². The number of urea groups is 1. The van der Waals surface area contributed by atoms with Gasteiger partial charge < -0.3 is 14.4 Å². The highest BCUT2D eigenvalue weighted by Crippen LogP contribution is 2.36. The summed E-state index contributed by atoms with van der Waals surface area (Å²) in [5, 5.41) is 0.624. The van der Waals surface area contributed by atoms with Gasteiger partial charge >= 0.3 is 6.03 Å². The predicted octanol–water partition coefficient (Wildman–Crippen LogP) is 5.17. The average molecular weight is 501 g/mol. The van der Waals surface area contributed by atoms with E-state index >= 15 is 0 Å². The van der Waals surface area contributed by atoms with Crippen molar-refractivity contribution in [3.63, 3.8) is 0 Å². The molecule has 0 spiro atoms. The van der Waals surface area contributed by atoms with E-state index in [-0.39, 0.29) is 24.4 Å². The second kappa shape index (κ2) is 9.95. The van der Waals surface area contributed by atoms with Crippen molar-refractivity contribution in [1.29, 1.82) is 0 Å². The van der Waals surface area contributed by atoms with E-state index in [2.05, 4.69) is 0 Å². The lowest BCUT2D eigenvalue weighted by Crippen LogP contribution is -2.35. The van der Waals surface area contributed by atoms with Gasteiger partial charge in [-0.25, -0.2) is 13.2 Å². The highest BCUT2D eigenvalue weighted by atomic mass is 35.5. The third kappa shape index (κ3) is 5.63. The number of anilines is 1. The van der Waals surface area contributed by atoms with Crippen LogP contribution in [0.4, 0.5) is 10.5 Å². The van der Waals surface area contributed by atoms with Crippen LogP contribution in [0.1, 0.15) is 11.6 Å². The lowest BCUT2D eigenvalue weighted by Gasteiger charge is -2.24. The second-order valence-corrected chi connectivity index (χ2v) is 10.8. The highest BCUT2D eigenvalue weighted by molar-refractivity contribution is 7.90. The van der Waals surface area contributed by atoms with Gasteiger partial charge in [-0.1, -0.05) is 23.7 Å². The Hall–Kier alpha value is -3.23. The zero-order chi connectivity index (χ0) is 24.3.